The average molecular weight is 196 g/mol. The minimum atomic E-state index is 0.170. The van der Waals surface area contributed by atoms with Crippen molar-refractivity contribution in [3.63, 3.8) is 0 Å². The van der Waals surface area contributed by atoms with Gasteiger partial charge in [0, 0.05) is 11.8 Å². The van der Waals surface area contributed by atoms with Gasteiger partial charge in [-0.3, -0.25) is 4.79 Å². The molecule has 0 saturated heterocycles. The molecule has 0 aromatic carbocycles. The number of carbonyl (C=O) groups is 1. The Hall–Kier alpha value is -0.330. The molecule has 1 aliphatic carbocycles. The van der Waals surface area contributed by atoms with Crippen LogP contribution in [0.3, 0.4) is 0 Å². The fourth-order valence-corrected chi connectivity index (χ4v) is 2.63. The van der Waals surface area contributed by atoms with Crippen molar-refractivity contribution in [3.05, 3.63) is 0 Å². The Bertz CT molecular complexity index is 198. The van der Waals surface area contributed by atoms with Crippen molar-refractivity contribution >= 4 is 5.78 Å². The zero-order valence-electron chi connectivity index (χ0n) is 10.1. The molecule has 14 heavy (non-hydrogen) atoms. The van der Waals surface area contributed by atoms with Crippen molar-refractivity contribution in [2.45, 2.75) is 59.8 Å². The second-order valence-corrected chi connectivity index (χ2v) is 5.74. The SMILES string of the molecule is CCCC1CCCC(C(C)(C)C)C1=O. The van der Waals surface area contributed by atoms with Crippen LogP contribution in [0.5, 0.6) is 0 Å². The summed E-state index contributed by atoms with van der Waals surface area (Å²) in [5, 5.41) is 0. The van der Waals surface area contributed by atoms with Gasteiger partial charge in [-0.1, -0.05) is 40.5 Å². The van der Waals surface area contributed by atoms with Crippen molar-refractivity contribution in [2.24, 2.45) is 17.3 Å². The molecule has 1 heteroatoms. The van der Waals surface area contributed by atoms with E-state index in [1.54, 1.807) is 0 Å². The molecule has 0 N–H and O–H groups in total. The summed E-state index contributed by atoms with van der Waals surface area (Å²) in [6.07, 6.45) is 5.75. The Morgan fingerprint density at radius 2 is 1.93 bits per heavy atom. The van der Waals surface area contributed by atoms with E-state index in [1.807, 2.05) is 0 Å². The number of ketones is 1. The molecule has 0 spiro atoms. The topological polar surface area (TPSA) is 17.1 Å². The van der Waals surface area contributed by atoms with E-state index in [1.165, 1.54) is 6.42 Å². The summed E-state index contributed by atoms with van der Waals surface area (Å²) < 4.78 is 0. The lowest BCUT2D eigenvalue weighted by molar-refractivity contribution is -0.133. The Labute approximate surface area is 88.3 Å². The molecule has 82 valence electrons. The van der Waals surface area contributed by atoms with Crippen molar-refractivity contribution in [1.82, 2.24) is 0 Å². The van der Waals surface area contributed by atoms with Crippen LogP contribution in [-0.4, -0.2) is 5.78 Å². The summed E-state index contributed by atoms with van der Waals surface area (Å²) >= 11 is 0. The molecule has 2 unspecified atom stereocenters. The van der Waals surface area contributed by atoms with Gasteiger partial charge in [-0.15, -0.1) is 0 Å². The third-order valence-electron chi connectivity index (χ3n) is 3.47. The van der Waals surface area contributed by atoms with Crippen LogP contribution in [-0.2, 0) is 4.79 Å². The number of rotatable bonds is 2. The summed E-state index contributed by atoms with van der Waals surface area (Å²) in [5.41, 5.74) is 0.170. The lowest BCUT2D eigenvalue weighted by atomic mass is 9.67. The summed E-state index contributed by atoms with van der Waals surface area (Å²) in [6.45, 7) is 8.77. The fourth-order valence-electron chi connectivity index (χ4n) is 2.63. The molecule has 1 saturated carbocycles. The molecule has 0 bridgehead atoms. The van der Waals surface area contributed by atoms with E-state index in [0.29, 0.717) is 17.6 Å². The molecular weight excluding hydrogens is 172 g/mol. The van der Waals surface area contributed by atoms with Crippen LogP contribution < -0.4 is 0 Å². The van der Waals surface area contributed by atoms with Crippen molar-refractivity contribution in [1.29, 1.82) is 0 Å². The summed E-state index contributed by atoms with van der Waals surface area (Å²) in [5.74, 6) is 1.23. The van der Waals surface area contributed by atoms with Crippen LogP contribution in [0, 0.1) is 17.3 Å². The quantitative estimate of drug-likeness (QED) is 0.656. The Morgan fingerprint density at radius 1 is 1.29 bits per heavy atom. The zero-order valence-corrected chi connectivity index (χ0v) is 10.1. The first-order valence-electron chi connectivity index (χ1n) is 6.00. The molecule has 0 aromatic heterocycles. The van der Waals surface area contributed by atoms with Gasteiger partial charge in [0.25, 0.3) is 0 Å². The number of hydrogen-bond acceptors (Lipinski definition) is 1. The Morgan fingerprint density at radius 3 is 2.43 bits per heavy atom. The summed E-state index contributed by atoms with van der Waals surface area (Å²) in [4.78, 5) is 12.2. The maximum atomic E-state index is 12.2. The third-order valence-corrected chi connectivity index (χ3v) is 3.47. The summed E-state index contributed by atoms with van der Waals surface area (Å²) in [6, 6.07) is 0. The molecule has 1 aliphatic rings. The molecule has 0 heterocycles. The Kier molecular flexibility index (Phi) is 3.74. The largest absolute Gasteiger partial charge is 0.299 e. The Balaban J connectivity index is 2.66. The normalized spacial score (nSPS) is 29.3. The second-order valence-electron chi connectivity index (χ2n) is 5.74. The van der Waals surface area contributed by atoms with Gasteiger partial charge in [0.15, 0.2) is 0 Å². The van der Waals surface area contributed by atoms with Gasteiger partial charge >= 0.3 is 0 Å². The molecule has 0 aromatic rings. The van der Waals surface area contributed by atoms with Gasteiger partial charge in [0.2, 0.25) is 0 Å². The lowest BCUT2D eigenvalue weighted by Crippen LogP contribution is -2.36. The first-order valence-corrected chi connectivity index (χ1v) is 6.00. The van der Waals surface area contributed by atoms with Crippen LogP contribution >= 0.6 is 0 Å². The van der Waals surface area contributed by atoms with Gasteiger partial charge in [0.05, 0.1) is 0 Å². The lowest BCUT2D eigenvalue weighted by Gasteiger charge is -2.36. The predicted octanol–water partition coefficient (Wildman–Crippen LogP) is 3.82. The van der Waals surface area contributed by atoms with E-state index in [2.05, 4.69) is 27.7 Å². The standard InChI is InChI=1S/C13H24O/c1-5-7-10-8-6-9-11(12(10)14)13(2,3)4/h10-11H,5-9H2,1-4H3. The summed E-state index contributed by atoms with van der Waals surface area (Å²) in [7, 11) is 0. The van der Waals surface area contributed by atoms with Crippen molar-refractivity contribution in [2.75, 3.05) is 0 Å². The van der Waals surface area contributed by atoms with Crippen molar-refractivity contribution < 1.29 is 4.79 Å². The zero-order chi connectivity index (χ0) is 10.8. The van der Waals surface area contributed by atoms with Gasteiger partial charge in [-0.05, 0) is 24.7 Å². The minimum Gasteiger partial charge on any atom is -0.299 e. The molecule has 0 aliphatic heterocycles. The predicted molar refractivity (Wildman–Crippen MR) is 60.2 cm³/mol. The molecule has 1 nitrogen and oxygen atoms in total. The first-order chi connectivity index (χ1) is 6.46. The third kappa shape index (κ3) is 2.59. The van der Waals surface area contributed by atoms with Crippen LogP contribution in [0.15, 0.2) is 0 Å². The van der Waals surface area contributed by atoms with Gasteiger partial charge in [0.1, 0.15) is 5.78 Å². The highest BCUT2D eigenvalue weighted by atomic mass is 16.1. The molecule has 1 fully saturated rings. The number of carbonyl (C=O) groups excluding carboxylic acids is 1. The van der Waals surface area contributed by atoms with E-state index in [-0.39, 0.29) is 5.41 Å². The molecule has 2 atom stereocenters. The second kappa shape index (κ2) is 4.46. The highest BCUT2D eigenvalue weighted by molar-refractivity contribution is 5.84. The molecule has 0 radical (unpaired) electrons. The van der Waals surface area contributed by atoms with Crippen LogP contribution in [0.4, 0.5) is 0 Å². The highest BCUT2D eigenvalue weighted by Crippen LogP contribution is 2.38. The minimum absolute atomic E-state index is 0.170. The van der Waals surface area contributed by atoms with E-state index < -0.39 is 0 Å². The monoisotopic (exact) mass is 196 g/mol. The average Bonchev–Trinajstić information content (AvgIpc) is 2.07. The maximum absolute atomic E-state index is 12.2. The van der Waals surface area contributed by atoms with Crippen LogP contribution in [0.25, 0.3) is 0 Å². The highest BCUT2D eigenvalue weighted by Gasteiger charge is 2.37. The van der Waals surface area contributed by atoms with Gasteiger partial charge in [-0.25, -0.2) is 0 Å². The first kappa shape index (κ1) is 11.7. The molecular formula is C13H24O. The van der Waals surface area contributed by atoms with Crippen LogP contribution in [0.1, 0.15) is 59.8 Å². The van der Waals surface area contributed by atoms with Gasteiger partial charge in [-0.2, -0.15) is 0 Å². The van der Waals surface area contributed by atoms with E-state index >= 15 is 0 Å². The number of hydrogen-bond donors (Lipinski definition) is 0. The van der Waals surface area contributed by atoms with E-state index in [9.17, 15) is 4.79 Å². The smallest absolute Gasteiger partial charge is 0.139 e. The number of Topliss-reactive ketones (excluding diaryl/α,β-unsaturated/α-hetero) is 1. The van der Waals surface area contributed by atoms with Crippen LogP contribution in [0.2, 0.25) is 0 Å². The van der Waals surface area contributed by atoms with E-state index in [4.69, 9.17) is 0 Å². The van der Waals surface area contributed by atoms with Crippen molar-refractivity contribution in [3.8, 4) is 0 Å². The van der Waals surface area contributed by atoms with E-state index in [0.717, 1.165) is 25.7 Å². The maximum Gasteiger partial charge on any atom is 0.139 e. The molecule has 0 amide bonds. The molecule has 1 rings (SSSR count). The van der Waals surface area contributed by atoms with Gasteiger partial charge < -0.3 is 0 Å². The fraction of sp³-hybridized carbons (Fsp3) is 0.923.